The van der Waals surface area contributed by atoms with E-state index in [0.717, 1.165) is 16.5 Å². The molecular formula is C24H31BrN2O4. The molecule has 0 unspecified atom stereocenters. The molecule has 0 spiro atoms. The van der Waals surface area contributed by atoms with Crippen LogP contribution in [0.15, 0.2) is 46.9 Å². The number of hydrogen-bond acceptors (Lipinski definition) is 4. The number of hydrogen-bond donors (Lipinski definition) is 2. The highest BCUT2D eigenvalue weighted by Gasteiger charge is 2.20. The van der Waals surface area contributed by atoms with Crippen molar-refractivity contribution in [1.82, 2.24) is 10.9 Å². The summed E-state index contributed by atoms with van der Waals surface area (Å²) in [5.74, 6) is 1.04. The number of amides is 2. The largest absolute Gasteiger partial charge is 0.494 e. The maximum absolute atomic E-state index is 12.2. The van der Waals surface area contributed by atoms with E-state index in [2.05, 4.69) is 61.4 Å². The topological polar surface area (TPSA) is 76.7 Å². The van der Waals surface area contributed by atoms with E-state index >= 15 is 0 Å². The summed E-state index contributed by atoms with van der Waals surface area (Å²) in [4.78, 5) is 24.4. The Balaban J connectivity index is 1.83. The Labute approximate surface area is 192 Å². The van der Waals surface area contributed by atoms with Gasteiger partial charge in [0.15, 0.2) is 6.61 Å². The normalized spacial score (nSPS) is 11.2. The Bertz CT molecular complexity index is 889. The van der Waals surface area contributed by atoms with Crippen LogP contribution in [0.2, 0.25) is 0 Å². The van der Waals surface area contributed by atoms with Gasteiger partial charge in [-0.05, 0) is 60.2 Å². The van der Waals surface area contributed by atoms with Crippen molar-refractivity contribution >= 4 is 27.7 Å². The maximum Gasteiger partial charge on any atom is 0.276 e. The molecule has 0 aliphatic rings. The van der Waals surface area contributed by atoms with Crippen LogP contribution in [0.1, 0.15) is 57.0 Å². The molecule has 0 aliphatic carbocycles. The van der Waals surface area contributed by atoms with E-state index < -0.39 is 11.8 Å². The third-order valence-electron chi connectivity index (χ3n) is 4.50. The number of ether oxygens (including phenoxy) is 2. The predicted molar refractivity (Wildman–Crippen MR) is 125 cm³/mol. The van der Waals surface area contributed by atoms with Gasteiger partial charge in [0.25, 0.3) is 11.8 Å². The fourth-order valence-corrected chi connectivity index (χ4v) is 3.07. The van der Waals surface area contributed by atoms with Gasteiger partial charge in [0.2, 0.25) is 0 Å². The molecule has 2 aromatic carbocycles. The molecule has 2 rings (SSSR count). The predicted octanol–water partition coefficient (Wildman–Crippen LogP) is 5.01. The molecule has 0 radical (unpaired) electrons. The molecule has 6 nitrogen and oxygen atoms in total. The Hall–Kier alpha value is -2.54. The maximum atomic E-state index is 12.2. The summed E-state index contributed by atoms with van der Waals surface area (Å²) < 4.78 is 12.3. The van der Waals surface area contributed by atoms with Crippen LogP contribution >= 0.6 is 15.9 Å². The molecule has 31 heavy (non-hydrogen) atoms. The van der Waals surface area contributed by atoms with E-state index in [1.165, 1.54) is 0 Å². The second-order valence-corrected chi connectivity index (χ2v) is 9.65. The molecule has 0 atom stereocenters. The molecular weight excluding hydrogens is 460 g/mol. The summed E-state index contributed by atoms with van der Waals surface area (Å²) in [7, 11) is 0. The lowest BCUT2D eigenvalue weighted by Gasteiger charge is -2.23. The summed E-state index contributed by atoms with van der Waals surface area (Å²) >= 11 is 3.46. The first-order valence-electron chi connectivity index (χ1n) is 10.3. The summed E-state index contributed by atoms with van der Waals surface area (Å²) in [6.07, 6.45) is 0.966. The van der Waals surface area contributed by atoms with Crippen LogP contribution in [0.3, 0.4) is 0 Å². The van der Waals surface area contributed by atoms with Gasteiger partial charge in [0.05, 0.1) is 6.61 Å². The minimum absolute atomic E-state index is 0.144. The molecule has 2 amide bonds. The first kappa shape index (κ1) is 24.7. The monoisotopic (exact) mass is 490 g/mol. The molecule has 0 fully saturated rings. The molecule has 168 valence electrons. The van der Waals surface area contributed by atoms with E-state index in [-0.39, 0.29) is 12.0 Å². The highest BCUT2D eigenvalue weighted by atomic mass is 79.9. The lowest BCUT2D eigenvalue weighted by atomic mass is 9.86. The molecule has 0 bridgehead atoms. The minimum Gasteiger partial charge on any atom is -0.494 e. The fourth-order valence-electron chi connectivity index (χ4n) is 2.71. The fraction of sp³-hybridized carbons (Fsp3) is 0.417. The molecule has 0 heterocycles. The highest BCUT2D eigenvalue weighted by molar-refractivity contribution is 9.10. The molecule has 0 saturated carbocycles. The highest BCUT2D eigenvalue weighted by Crippen LogP contribution is 2.33. The van der Waals surface area contributed by atoms with Gasteiger partial charge >= 0.3 is 0 Å². The zero-order valence-electron chi connectivity index (χ0n) is 18.8. The second kappa shape index (κ2) is 11.2. The van der Waals surface area contributed by atoms with Gasteiger partial charge in [-0.15, -0.1) is 0 Å². The van der Waals surface area contributed by atoms with Crippen LogP contribution in [0.25, 0.3) is 0 Å². The van der Waals surface area contributed by atoms with E-state index in [0.29, 0.717) is 29.6 Å². The minimum atomic E-state index is -0.454. The van der Waals surface area contributed by atoms with Crippen molar-refractivity contribution in [3.63, 3.8) is 0 Å². The number of carbonyl (C=O) groups excluding carboxylic acids is 2. The van der Waals surface area contributed by atoms with Gasteiger partial charge in [0.1, 0.15) is 11.5 Å². The Morgan fingerprint density at radius 3 is 2.29 bits per heavy atom. The van der Waals surface area contributed by atoms with Crippen LogP contribution in [0, 0.1) is 5.92 Å². The first-order valence-corrected chi connectivity index (χ1v) is 11.1. The third kappa shape index (κ3) is 8.25. The summed E-state index contributed by atoms with van der Waals surface area (Å²) in [6, 6.07) is 12.4. The SMILES string of the molecule is CC(C)CCOc1ccc(C(=O)NNC(=O)COc2ccc(Br)cc2C(C)(C)C)cc1. The molecule has 0 aliphatic heterocycles. The molecule has 2 aromatic rings. The Kier molecular flexibility index (Phi) is 8.92. The van der Waals surface area contributed by atoms with Crippen molar-refractivity contribution in [3.8, 4) is 11.5 Å². The van der Waals surface area contributed by atoms with E-state index in [1.54, 1.807) is 24.3 Å². The average molecular weight is 491 g/mol. The number of nitrogens with one attached hydrogen (secondary N) is 2. The number of carbonyl (C=O) groups is 2. The standard InChI is InChI=1S/C24H31BrN2O4/c1-16(2)12-13-30-19-9-6-17(7-10-19)23(29)27-26-22(28)15-31-21-11-8-18(25)14-20(21)24(3,4)5/h6-11,14,16H,12-13,15H2,1-5H3,(H,26,28)(H,27,29). The zero-order valence-corrected chi connectivity index (χ0v) is 20.3. The third-order valence-corrected chi connectivity index (χ3v) is 5.00. The van der Waals surface area contributed by atoms with Crippen molar-refractivity contribution in [1.29, 1.82) is 0 Å². The van der Waals surface area contributed by atoms with Gasteiger partial charge < -0.3 is 9.47 Å². The quantitative estimate of drug-likeness (QED) is 0.509. The van der Waals surface area contributed by atoms with Gasteiger partial charge in [-0.25, -0.2) is 0 Å². The molecule has 2 N–H and O–H groups in total. The number of rotatable bonds is 8. The zero-order chi connectivity index (χ0) is 23.0. The van der Waals surface area contributed by atoms with Crippen molar-refractivity contribution in [2.75, 3.05) is 13.2 Å². The second-order valence-electron chi connectivity index (χ2n) is 8.74. The Morgan fingerprint density at radius 1 is 1.00 bits per heavy atom. The number of benzene rings is 2. The van der Waals surface area contributed by atoms with Crippen LogP contribution in [-0.2, 0) is 10.2 Å². The van der Waals surface area contributed by atoms with Gasteiger partial charge in [-0.2, -0.15) is 0 Å². The first-order chi connectivity index (χ1) is 14.6. The lowest BCUT2D eigenvalue weighted by molar-refractivity contribution is -0.123. The van der Waals surface area contributed by atoms with Gasteiger partial charge in [-0.3, -0.25) is 20.4 Å². The van der Waals surface area contributed by atoms with Crippen LogP contribution < -0.4 is 20.3 Å². The van der Waals surface area contributed by atoms with Crippen molar-refractivity contribution in [2.45, 2.75) is 46.5 Å². The van der Waals surface area contributed by atoms with Crippen LogP contribution in [0.4, 0.5) is 0 Å². The summed E-state index contributed by atoms with van der Waals surface area (Å²) in [5.41, 5.74) is 6.03. The van der Waals surface area contributed by atoms with Gasteiger partial charge in [0, 0.05) is 15.6 Å². The smallest absolute Gasteiger partial charge is 0.276 e. The number of hydrazine groups is 1. The van der Waals surface area contributed by atoms with E-state index in [1.807, 2.05) is 18.2 Å². The van der Waals surface area contributed by atoms with E-state index in [9.17, 15) is 9.59 Å². The lowest BCUT2D eigenvalue weighted by Crippen LogP contribution is -2.43. The van der Waals surface area contributed by atoms with Gasteiger partial charge in [-0.1, -0.05) is 50.5 Å². The molecule has 0 aromatic heterocycles. The average Bonchev–Trinajstić information content (AvgIpc) is 2.70. The van der Waals surface area contributed by atoms with Crippen molar-refractivity contribution in [3.05, 3.63) is 58.1 Å². The Morgan fingerprint density at radius 2 is 1.68 bits per heavy atom. The summed E-state index contributed by atoms with van der Waals surface area (Å²) in [5, 5.41) is 0. The van der Waals surface area contributed by atoms with Crippen LogP contribution in [-0.4, -0.2) is 25.0 Å². The molecule has 0 saturated heterocycles. The summed E-state index contributed by atoms with van der Waals surface area (Å²) in [6.45, 7) is 10.9. The van der Waals surface area contributed by atoms with Crippen molar-refractivity contribution in [2.24, 2.45) is 5.92 Å². The number of halogens is 1. The molecule has 7 heteroatoms. The van der Waals surface area contributed by atoms with E-state index in [4.69, 9.17) is 9.47 Å². The van der Waals surface area contributed by atoms with Crippen LogP contribution in [0.5, 0.6) is 11.5 Å². The van der Waals surface area contributed by atoms with Crippen molar-refractivity contribution < 1.29 is 19.1 Å².